The van der Waals surface area contributed by atoms with Gasteiger partial charge in [0.25, 0.3) is 0 Å². The van der Waals surface area contributed by atoms with Gasteiger partial charge in [-0.25, -0.2) is 0 Å². The maximum atomic E-state index is 12.9. The lowest BCUT2D eigenvalue weighted by Crippen LogP contribution is -2.24. The number of benzene rings is 2. The van der Waals surface area contributed by atoms with E-state index in [1.807, 2.05) is 6.07 Å². The Labute approximate surface area is 170 Å². The number of hydrogen-bond acceptors (Lipinski definition) is 5. The standard InChI is InChI=1S/C20H16ClF2N3O3/c1-20(22,23)28-16-7-5-12(6-8-16)18-24-19(29-25-18)13-9-17(27)26(11-13)15-4-2-3-14(21)10-15/h2-8,10,13H,9,11H2,1H3. The Bertz CT molecular complexity index is 1030. The summed E-state index contributed by atoms with van der Waals surface area (Å²) in [6.45, 7) is 1.07. The van der Waals surface area contributed by atoms with Gasteiger partial charge in [0.15, 0.2) is 0 Å². The van der Waals surface area contributed by atoms with Crippen LogP contribution in [0.2, 0.25) is 5.02 Å². The van der Waals surface area contributed by atoms with Gasteiger partial charge in [0.05, 0.1) is 5.92 Å². The first kappa shape index (κ1) is 19.3. The zero-order valence-corrected chi connectivity index (χ0v) is 16.1. The van der Waals surface area contributed by atoms with Gasteiger partial charge in [0, 0.05) is 36.2 Å². The molecule has 29 heavy (non-hydrogen) atoms. The summed E-state index contributed by atoms with van der Waals surface area (Å²) in [6, 6.07) is 13.0. The number of halogens is 3. The number of carbonyl (C=O) groups is 1. The fraction of sp³-hybridized carbons (Fsp3) is 0.250. The molecule has 4 rings (SSSR count). The van der Waals surface area contributed by atoms with Crippen LogP contribution in [0.1, 0.15) is 25.2 Å². The van der Waals surface area contributed by atoms with Crippen molar-refractivity contribution in [3.8, 4) is 17.1 Å². The van der Waals surface area contributed by atoms with Crippen molar-refractivity contribution in [1.29, 1.82) is 0 Å². The molecule has 3 aromatic rings. The molecule has 2 heterocycles. The van der Waals surface area contributed by atoms with Crippen molar-refractivity contribution < 1.29 is 22.8 Å². The normalized spacial score (nSPS) is 17.0. The smallest absolute Gasteiger partial charge is 0.394 e. The van der Waals surface area contributed by atoms with Crippen LogP contribution in [0.5, 0.6) is 5.75 Å². The fourth-order valence-corrected chi connectivity index (χ4v) is 3.35. The topological polar surface area (TPSA) is 68.5 Å². The number of hydrogen-bond donors (Lipinski definition) is 0. The van der Waals surface area contributed by atoms with Gasteiger partial charge >= 0.3 is 6.11 Å². The van der Waals surface area contributed by atoms with E-state index < -0.39 is 6.11 Å². The molecule has 0 spiro atoms. The summed E-state index contributed by atoms with van der Waals surface area (Å²) in [5.74, 6) is 0.383. The molecule has 1 fully saturated rings. The van der Waals surface area contributed by atoms with Gasteiger partial charge in [0.2, 0.25) is 17.6 Å². The zero-order valence-electron chi connectivity index (χ0n) is 15.3. The highest BCUT2D eigenvalue weighted by Crippen LogP contribution is 2.33. The number of carbonyl (C=O) groups excluding carboxylic acids is 1. The van der Waals surface area contributed by atoms with Crippen molar-refractivity contribution in [1.82, 2.24) is 10.1 Å². The van der Waals surface area contributed by atoms with Crippen LogP contribution in [0, 0.1) is 0 Å². The van der Waals surface area contributed by atoms with E-state index >= 15 is 0 Å². The summed E-state index contributed by atoms with van der Waals surface area (Å²) in [5, 5.41) is 4.49. The maximum Gasteiger partial charge on any atom is 0.394 e. The molecule has 150 valence electrons. The molecule has 0 saturated carbocycles. The fourth-order valence-electron chi connectivity index (χ4n) is 3.16. The van der Waals surface area contributed by atoms with E-state index in [0.29, 0.717) is 41.5 Å². The summed E-state index contributed by atoms with van der Waals surface area (Å²) >= 11 is 6.01. The van der Waals surface area contributed by atoms with Crippen molar-refractivity contribution in [2.75, 3.05) is 11.4 Å². The first-order valence-electron chi connectivity index (χ1n) is 8.85. The lowest BCUT2D eigenvalue weighted by Gasteiger charge is -2.16. The molecule has 1 aromatic heterocycles. The third-order valence-corrected chi connectivity index (χ3v) is 4.68. The molecule has 0 aliphatic carbocycles. The Hall–Kier alpha value is -3.00. The number of anilines is 1. The average molecular weight is 420 g/mol. The molecule has 1 amide bonds. The molecule has 1 aliphatic heterocycles. The Morgan fingerprint density at radius 2 is 2.00 bits per heavy atom. The summed E-state index contributed by atoms with van der Waals surface area (Å²) in [4.78, 5) is 18.4. The summed E-state index contributed by atoms with van der Waals surface area (Å²) < 4.78 is 35.7. The van der Waals surface area contributed by atoms with Gasteiger partial charge in [-0.3, -0.25) is 4.79 Å². The number of ether oxygens (including phenoxy) is 1. The lowest BCUT2D eigenvalue weighted by molar-refractivity contribution is -0.158. The number of rotatable bonds is 5. The zero-order chi connectivity index (χ0) is 20.6. The second kappa shape index (κ2) is 7.44. The SMILES string of the molecule is CC(F)(F)Oc1ccc(-c2noc(C3CC(=O)N(c4cccc(Cl)c4)C3)n2)cc1. The average Bonchev–Trinajstić information content (AvgIpc) is 3.28. The predicted molar refractivity (Wildman–Crippen MR) is 102 cm³/mol. The van der Waals surface area contributed by atoms with E-state index in [4.69, 9.17) is 16.1 Å². The van der Waals surface area contributed by atoms with Crippen LogP contribution in [-0.2, 0) is 4.79 Å². The molecule has 0 N–H and O–H groups in total. The minimum atomic E-state index is -3.26. The molecule has 2 aromatic carbocycles. The Kier molecular flexibility index (Phi) is 4.96. The number of nitrogens with zero attached hydrogens (tertiary/aromatic N) is 3. The van der Waals surface area contributed by atoms with Crippen molar-refractivity contribution in [2.24, 2.45) is 0 Å². The van der Waals surface area contributed by atoms with Crippen molar-refractivity contribution in [3.63, 3.8) is 0 Å². The molecule has 0 radical (unpaired) electrons. The van der Waals surface area contributed by atoms with Gasteiger partial charge in [-0.05, 0) is 42.5 Å². The van der Waals surface area contributed by atoms with Crippen LogP contribution in [0.15, 0.2) is 53.1 Å². The van der Waals surface area contributed by atoms with Gasteiger partial charge < -0.3 is 14.2 Å². The Morgan fingerprint density at radius 3 is 2.69 bits per heavy atom. The van der Waals surface area contributed by atoms with E-state index in [9.17, 15) is 13.6 Å². The molecular weight excluding hydrogens is 404 g/mol. The maximum absolute atomic E-state index is 12.9. The summed E-state index contributed by atoms with van der Waals surface area (Å²) in [7, 11) is 0. The molecule has 1 atom stereocenters. The predicted octanol–water partition coefficient (Wildman–Crippen LogP) is 4.90. The van der Waals surface area contributed by atoms with Gasteiger partial charge in [-0.15, -0.1) is 0 Å². The summed E-state index contributed by atoms with van der Waals surface area (Å²) in [5.41, 5.74) is 1.30. The largest absolute Gasteiger partial charge is 0.433 e. The first-order chi connectivity index (χ1) is 13.8. The highest BCUT2D eigenvalue weighted by molar-refractivity contribution is 6.30. The van der Waals surface area contributed by atoms with E-state index in [2.05, 4.69) is 14.9 Å². The Balaban J connectivity index is 1.49. The van der Waals surface area contributed by atoms with Crippen molar-refractivity contribution in [3.05, 3.63) is 59.4 Å². The third kappa shape index (κ3) is 4.37. The number of alkyl halides is 2. The van der Waals surface area contributed by atoms with Gasteiger partial charge in [-0.2, -0.15) is 13.8 Å². The van der Waals surface area contributed by atoms with E-state index in [1.165, 1.54) is 12.1 Å². The molecule has 1 unspecified atom stereocenters. The highest BCUT2D eigenvalue weighted by Gasteiger charge is 2.35. The van der Waals surface area contributed by atoms with Crippen LogP contribution in [0.25, 0.3) is 11.4 Å². The molecule has 0 bridgehead atoms. The van der Waals surface area contributed by atoms with Crippen LogP contribution in [-0.4, -0.2) is 28.7 Å². The lowest BCUT2D eigenvalue weighted by atomic mass is 10.1. The van der Waals surface area contributed by atoms with E-state index in [-0.39, 0.29) is 24.0 Å². The second-order valence-corrected chi connectivity index (χ2v) is 7.21. The molecular formula is C20H16ClF2N3O3. The number of amides is 1. The Morgan fingerprint density at radius 1 is 1.24 bits per heavy atom. The molecule has 1 saturated heterocycles. The first-order valence-corrected chi connectivity index (χ1v) is 9.23. The minimum absolute atomic E-state index is 0.0310. The van der Waals surface area contributed by atoms with E-state index in [1.54, 1.807) is 35.2 Å². The molecule has 6 nitrogen and oxygen atoms in total. The van der Waals surface area contributed by atoms with Crippen molar-refractivity contribution in [2.45, 2.75) is 25.4 Å². The quantitative estimate of drug-likeness (QED) is 0.588. The van der Waals surface area contributed by atoms with E-state index in [0.717, 1.165) is 0 Å². The summed E-state index contributed by atoms with van der Waals surface area (Å²) in [6.07, 6.45) is -3.02. The number of aromatic nitrogens is 2. The van der Waals surface area contributed by atoms with Crippen LogP contribution in [0.3, 0.4) is 0 Å². The highest BCUT2D eigenvalue weighted by atomic mass is 35.5. The molecule has 9 heteroatoms. The van der Waals surface area contributed by atoms with Crippen molar-refractivity contribution >= 4 is 23.2 Å². The minimum Gasteiger partial charge on any atom is -0.433 e. The second-order valence-electron chi connectivity index (χ2n) is 6.78. The van der Waals surface area contributed by atoms with Gasteiger partial charge in [0.1, 0.15) is 5.75 Å². The monoisotopic (exact) mass is 419 g/mol. The molecule has 1 aliphatic rings. The van der Waals surface area contributed by atoms with Crippen LogP contribution < -0.4 is 9.64 Å². The van der Waals surface area contributed by atoms with Crippen LogP contribution in [0.4, 0.5) is 14.5 Å². The van der Waals surface area contributed by atoms with Gasteiger partial charge in [-0.1, -0.05) is 22.8 Å². The third-order valence-electron chi connectivity index (χ3n) is 4.45. The van der Waals surface area contributed by atoms with Crippen LogP contribution >= 0.6 is 11.6 Å².